The lowest BCUT2D eigenvalue weighted by atomic mass is 9.87. The Bertz CT molecular complexity index is 1540. The first-order valence-corrected chi connectivity index (χ1v) is 15.7. The number of para-hydroxylation sites is 1. The highest BCUT2D eigenvalue weighted by Crippen LogP contribution is 2.39. The number of amides is 1. The van der Waals surface area contributed by atoms with Crippen molar-refractivity contribution in [1.29, 1.82) is 0 Å². The Balaban J connectivity index is 2.05. The summed E-state index contributed by atoms with van der Waals surface area (Å²) in [7, 11) is 4.38. The van der Waals surface area contributed by atoms with Crippen molar-refractivity contribution in [3.8, 4) is 23.7 Å². The zero-order valence-corrected chi connectivity index (χ0v) is 26.0. The second-order valence-corrected chi connectivity index (χ2v) is 13.5. The number of carbonyl (C=O) groups is 1. The largest absolute Gasteiger partial charge is 0.349 e. The summed E-state index contributed by atoms with van der Waals surface area (Å²) < 4.78 is 24.7. The van der Waals surface area contributed by atoms with Crippen LogP contribution in [0.3, 0.4) is 0 Å². The Morgan fingerprint density at radius 1 is 1.22 bits per heavy atom. The first-order valence-electron chi connectivity index (χ1n) is 12.8. The average Bonchev–Trinajstić information content (AvgIpc) is 2.91. The average molecular weight is 596 g/mol. The van der Waals surface area contributed by atoms with Gasteiger partial charge in [-0.25, -0.2) is 9.97 Å². The summed E-state index contributed by atoms with van der Waals surface area (Å²) in [6.07, 6.45) is 3.74. The van der Waals surface area contributed by atoms with Gasteiger partial charge in [-0.05, 0) is 64.1 Å². The number of aromatic nitrogens is 2. The number of nitrogens with zero attached hydrogens (tertiary/aromatic N) is 3. The lowest BCUT2D eigenvalue weighted by molar-refractivity contribution is -0.179. The molecule has 1 aromatic heterocycles. The van der Waals surface area contributed by atoms with Crippen LogP contribution >= 0.6 is 18.7 Å². The summed E-state index contributed by atoms with van der Waals surface area (Å²) in [5.41, 5.74) is 2.47. The molecule has 0 saturated carbocycles. The molecule has 2 N–H and O–H groups in total. The van der Waals surface area contributed by atoms with E-state index in [0.29, 0.717) is 51.0 Å². The van der Waals surface area contributed by atoms with Gasteiger partial charge < -0.3 is 24.7 Å². The van der Waals surface area contributed by atoms with Gasteiger partial charge in [0, 0.05) is 37.9 Å². The Morgan fingerprint density at radius 2 is 1.93 bits per heavy atom. The molecular formula is C30H35ClN5O4P. The molecule has 1 aliphatic carbocycles. The molecule has 2 aromatic rings. The van der Waals surface area contributed by atoms with Gasteiger partial charge in [0.1, 0.15) is 18.0 Å². The van der Waals surface area contributed by atoms with E-state index in [0.717, 1.165) is 0 Å². The Hall–Kier alpha value is -3.43. The van der Waals surface area contributed by atoms with Crippen LogP contribution in [0.1, 0.15) is 19.2 Å². The number of halogens is 1. The highest BCUT2D eigenvalue weighted by Gasteiger charge is 2.39. The molecule has 11 heteroatoms. The smallest absolute Gasteiger partial charge is 0.300 e. The molecule has 216 valence electrons. The van der Waals surface area contributed by atoms with E-state index in [9.17, 15) is 9.36 Å². The molecule has 0 fully saturated rings. The lowest BCUT2D eigenvalue weighted by Crippen LogP contribution is -2.41. The minimum Gasteiger partial charge on any atom is -0.349 e. The third-order valence-corrected chi connectivity index (χ3v) is 8.03. The number of hydrogen-bond acceptors (Lipinski definition) is 8. The third-order valence-electron chi connectivity index (χ3n) is 6.20. The zero-order chi connectivity index (χ0) is 30.2. The fourth-order valence-electron chi connectivity index (χ4n) is 4.21. The quantitative estimate of drug-likeness (QED) is 0.255. The summed E-state index contributed by atoms with van der Waals surface area (Å²) >= 11 is 6.46. The molecular weight excluding hydrogens is 561 g/mol. The maximum absolute atomic E-state index is 12.9. The molecule has 0 aliphatic heterocycles. The SMILES string of the molecule is CC#CC(=O)NC1=C(C#CCN(C)C)CC(OC)(OC)C(Cc2ncc(Cl)c(Nc3ccccc3P(C)(C)=O)n2)=C1. The van der Waals surface area contributed by atoms with E-state index in [2.05, 4.69) is 44.3 Å². The van der Waals surface area contributed by atoms with Crippen LogP contribution in [0.5, 0.6) is 0 Å². The predicted octanol–water partition coefficient (Wildman–Crippen LogP) is 3.94. The molecule has 0 spiro atoms. The Labute approximate surface area is 247 Å². The van der Waals surface area contributed by atoms with Gasteiger partial charge in [-0.3, -0.25) is 9.69 Å². The number of allylic oxidation sites excluding steroid dienone is 1. The summed E-state index contributed by atoms with van der Waals surface area (Å²) in [6, 6.07) is 7.34. The molecule has 1 aromatic carbocycles. The number of hydrogen-bond donors (Lipinski definition) is 2. The van der Waals surface area contributed by atoms with Gasteiger partial charge in [0.15, 0.2) is 11.6 Å². The first-order chi connectivity index (χ1) is 19.4. The van der Waals surface area contributed by atoms with E-state index in [1.54, 1.807) is 40.5 Å². The Morgan fingerprint density at radius 3 is 2.56 bits per heavy atom. The second kappa shape index (κ2) is 14.0. The first kappa shape index (κ1) is 32.1. The highest BCUT2D eigenvalue weighted by molar-refractivity contribution is 7.70. The monoisotopic (exact) mass is 595 g/mol. The second-order valence-electron chi connectivity index (χ2n) is 9.92. The number of nitrogens with one attached hydrogen (secondary N) is 2. The molecule has 0 saturated heterocycles. The van der Waals surface area contributed by atoms with Gasteiger partial charge in [0.2, 0.25) is 0 Å². The molecule has 41 heavy (non-hydrogen) atoms. The fraction of sp³-hybridized carbons (Fsp3) is 0.367. The van der Waals surface area contributed by atoms with Crippen LogP contribution in [0.2, 0.25) is 5.02 Å². The van der Waals surface area contributed by atoms with Crippen molar-refractivity contribution in [1.82, 2.24) is 20.2 Å². The molecule has 0 bridgehead atoms. The van der Waals surface area contributed by atoms with E-state index in [1.165, 1.54) is 6.20 Å². The molecule has 1 heterocycles. The summed E-state index contributed by atoms with van der Waals surface area (Å²) in [6.45, 7) is 5.54. The van der Waals surface area contributed by atoms with Gasteiger partial charge in [-0.15, -0.1) is 0 Å². The van der Waals surface area contributed by atoms with Crippen LogP contribution < -0.4 is 15.9 Å². The van der Waals surface area contributed by atoms with Gasteiger partial charge in [-0.1, -0.05) is 41.5 Å². The molecule has 0 unspecified atom stereocenters. The van der Waals surface area contributed by atoms with Crippen molar-refractivity contribution in [2.75, 3.05) is 53.5 Å². The van der Waals surface area contributed by atoms with E-state index < -0.39 is 18.8 Å². The van der Waals surface area contributed by atoms with Crippen molar-refractivity contribution in [3.63, 3.8) is 0 Å². The molecule has 9 nitrogen and oxygen atoms in total. The summed E-state index contributed by atoms with van der Waals surface area (Å²) in [5.74, 6) is 10.6. The number of carbonyl (C=O) groups excluding carboxylic acids is 1. The number of benzene rings is 1. The maximum Gasteiger partial charge on any atom is 0.300 e. The van der Waals surface area contributed by atoms with Crippen LogP contribution in [0.25, 0.3) is 0 Å². The summed E-state index contributed by atoms with van der Waals surface area (Å²) in [4.78, 5) is 23.5. The minimum atomic E-state index is -2.57. The van der Waals surface area contributed by atoms with E-state index in [-0.39, 0.29) is 12.8 Å². The van der Waals surface area contributed by atoms with Crippen LogP contribution in [0.15, 0.2) is 53.4 Å². The normalized spacial score (nSPS) is 14.4. The van der Waals surface area contributed by atoms with E-state index in [1.807, 2.05) is 43.3 Å². The van der Waals surface area contributed by atoms with Crippen LogP contribution in [0, 0.1) is 23.7 Å². The van der Waals surface area contributed by atoms with Crippen molar-refractivity contribution in [2.24, 2.45) is 0 Å². The number of ether oxygens (including phenoxy) is 2. The number of rotatable bonds is 9. The van der Waals surface area contributed by atoms with Crippen LogP contribution in [-0.2, 0) is 25.3 Å². The molecule has 0 atom stereocenters. The van der Waals surface area contributed by atoms with Crippen molar-refractivity contribution >= 4 is 41.5 Å². The van der Waals surface area contributed by atoms with Gasteiger partial charge >= 0.3 is 0 Å². The summed E-state index contributed by atoms with van der Waals surface area (Å²) in [5, 5.41) is 7.06. The molecule has 1 aliphatic rings. The predicted molar refractivity (Wildman–Crippen MR) is 164 cm³/mol. The Kier molecular flexibility index (Phi) is 10.9. The molecule has 1 amide bonds. The highest BCUT2D eigenvalue weighted by atomic mass is 35.5. The minimum absolute atomic E-state index is 0.215. The topological polar surface area (TPSA) is 106 Å². The van der Waals surface area contributed by atoms with Gasteiger partial charge in [0.05, 0.1) is 24.1 Å². The van der Waals surface area contributed by atoms with Gasteiger partial charge in [0.25, 0.3) is 5.91 Å². The zero-order valence-electron chi connectivity index (χ0n) is 24.4. The van der Waals surface area contributed by atoms with E-state index >= 15 is 0 Å². The van der Waals surface area contributed by atoms with Crippen LogP contribution in [0.4, 0.5) is 11.5 Å². The number of anilines is 2. The third kappa shape index (κ3) is 8.30. The van der Waals surface area contributed by atoms with E-state index in [4.69, 9.17) is 21.1 Å². The van der Waals surface area contributed by atoms with Crippen LogP contribution in [-0.4, -0.2) is 74.8 Å². The molecule has 0 radical (unpaired) electrons. The molecule has 3 rings (SSSR count). The van der Waals surface area contributed by atoms with Crippen molar-refractivity contribution in [2.45, 2.75) is 25.6 Å². The van der Waals surface area contributed by atoms with Crippen molar-refractivity contribution < 1.29 is 18.8 Å². The standard InChI is InChI=1S/C30H35ClN5O4P/c1-8-12-28(37)33-25-17-22(30(39-4,40-5)19-21(25)13-11-16-36(2)3)18-27-32-20-23(31)29(35-27)34-24-14-9-10-15-26(24)41(6,7)38/h9-10,14-15,17,20H,16,18-19H2,1-7H3,(H,33,37)(H,32,34,35). The number of methoxy groups -OCH3 is 2. The van der Waals surface area contributed by atoms with Gasteiger partial charge in [-0.2, -0.15) is 0 Å². The lowest BCUT2D eigenvalue weighted by Gasteiger charge is -2.36. The van der Waals surface area contributed by atoms with Crippen molar-refractivity contribution in [3.05, 3.63) is 64.2 Å². The maximum atomic E-state index is 12.9. The fourth-order valence-corrected chi connectivity index (χ4v) is 5.50.